The van der Waals surface area contributed by atoms with Crippen molar-refractivity contribution in [3.8, 4) is 5.75 Å². The third-order valence-electron chi connectivity index (χ3n) is 2.41. The maximum atomic E-state index is 11.8. The van der Waals surface area contributed by atoms with Crippen LogP contribution in [0.3, 0.4) is 0 Å². The van der Waals surface area contributed by atoms with E-state index in [-0.39, 0.29) is 12.4 Å². The molecule has 0 atom stereocenters. The Hall–Kier alpha value is -2.01. The molecule has 0 heterocycles. The summed E-state index contributed by atoms with van der Waals surface area (Å²) in [6.07, 6.45) is 0. The number of rotatable bonds is 6. The van der Waals surface area contributed by atoms with Gasteiger partial charge < -0.3 is 4.74 Å². The molecule has 0 saturated carbocycles. The molecule has 0 amide bonds. The van der Waals surface area contributed by atoms with Gasteiger partial charge >= 0.3 is 0 Å². The van der Waals surface area contributed by atoms with Crippen molar-refractivity contribution in [2.24, 2.45) is 0 Å². The van der Waals surface area contributed by atoms with Crippen molar-refractivity contribution in [1.82, 2.24) is 0 Å². The van der Waals surface area contributed by atoms with Crippen molar-refractivity contribution in [1.29, 1.82) is 0 Å². The van der Waals surface area contributed by atoms with Crippen LogP contribution in [-0.2, 0) is 10.0 Å². The fraction of sp³-hybridized carbons (Fsp3) is 0.143. The monoisotopic (exact) mass is 277 g/mol. The fourth-order valence-corrected chi connectivity index (χ4v) is 2.42. The molecule has 0 fully saturated rings. The van der Waals surface area contributed by atoms with E-state index in [1.807, 2.05) is 24.3 Å². The molecule has 0 aliphatic rings. The highest BCUT2D eigenvalue weighted by Crippen LogP contribution is 2.10. The lowest BCUT2D eigenvalue weighted by Gasteiger charge is -2.09. The van der Waals surface area contributed by atoms with Gasteiger partial charge in [0, 0.05) is 5.69 Å². The van der Waals surface area contributed by atoms with E-state index in [2.05, 4.69) is 4.72 Å². The second-order valence-corrected chi connectivity index (χ2v) is 5.79. The van der Waals surface area contributed by atoms with Gasteiger partial charge in [-0.2, -0.15) is 0 Å². The minimum Gasteiger partial charge on any atom is -0.492 e. The molecule has 0 bridgehead atoms. The first-order chi connectivity index (χ1) is 9.16. The summed E-state index contributed by atoms with van der Waals surface area (Å²) in [5.41, 5.74) is 0.558. The molecule has 0 radical (unpaired) electrons. The summed E-state index contributed by atoms with van der Waals surface area (Å²) in [6.45, 7) is 0.117. The smallest absolute Gasteiger partial charge is 0.236 e. The first kappa shape index (κ1) is 13.4. The standard InChI is InChI=1S/C14H15NO3S/c16-19(17,15-13-7-3-1-4-8-13)12-11-18-14-9-5-2-6-10-14/h1-10,15H,11-12H2. The van der Waals surface area contributed by atoms with E-state index in [9.17, 15) is 8.42 Å². The summed E-state index contributed by atoms with van der Waals surface area (Å²) in [7, 11) is -3.38. The number of anilines is 1. The first-order valence-corrected chi connectivity index (χ1v) is 7.54. The van der Waals surface area contributed by atoms with Crippen LogP contribution < -0.4 is 9.46 Å². The molecule has 2 rings (SSSR count). The number of hydrogen-bond donors (Lipinski definition) is 1. The fourth-order valence-electron chi connectivity index (χ4n) is 1.52. The molecular weight excluding hydrogens is 262 g/mol. The minimum absolute atomic E-state index is 0.0865. The van der Waals surface area contributed by atoms with Gasteiger partial charge in [-0.3, -0.25) is 4.72 Å². The average molecular weight is 277 g/mol. The second-order valence-electron chi connectivity index (χ2n) is 3.95. The molecule has 1 N–H and O–H groups in total. The van der Waals surface area contributed by atoms with Gasteiger partial charge in [0.1, 0.15) is 18.1 Å². The zero-order valence-corrected chi connectivity index (χ0v) is 11.1. The zero-order valence-electron chi connectivity index (χ0n) is 10.3. The number of para-hydroxylation sites is 2. The van der Waals surface area contributed by atoms with Gasteiger partial charge in [-0.15, -0.1) is 0 Å². The number of hydrogen-bond acceptors (Lipinski definition) is 3. The van der Waals surface area contributed by atoms with Gasteiger partial charge in [-0.25, -0.2) is 8.42 Å². The highest BCUT2D eigenvalue weighted by Gasteiger charge is 2.10. The number of nitrogens with one attached hydrogen (secondary N) is 1. The third kappa shape index (κ3) is 4.63. The van der Waals surface area contributed by atoms with E-state index in [4.69, 9.17) is 4.74 Å². The Kier molecular flexibility index (Phi) is 4.41. The van der Waals surface area contributed by atoms with E-state index in [1.165, 1.54) is 0 Å². The molecule has 2 aromatic carbocycles. The van der Waals surface area contributed by atoms with Crippen LogP contribution in [0, 0.1) is 0 Å². The summed E-state index contributed by atoms with van der Waals surface area (Å²) in [4.78, 5) is 0. The summed E-state index contributed by atoms with van der Waals surface area (Å²) in [5.74, 6) is 0.578. The Balaban J connectivity index is 1.85. The van der Waals surface area contributed by atoms with Gasteiger partial charge in [-0.05, 0) is 24.3 Å². The second kappa shape index (κ2) is 6.24. The summed E-state index contributed by atoms with van der Waals surface area (Å²) >= 11 is 0. The van der Waals surface area contributed by atoms with Crippen LogP contribution in [0.5, 0.6) is 5.75 Å². The largest absolute Gasteiger partial charge is 0.492 e. The van der Waals surface area contributed by atoms with Crippen molar-refractivity contribution in [2.45, 2.75) is 0 Å². The zero-order chi connectivity index (χ0) is 13.6. The molecule has 0 aromatic heterocycles. The van der Waals surface area contributed by atoms with Gasteiger partial charge in [0.05, 0.1) is 0 Å². The van der Waals surface area contributed by atoms with Crippen LogP contribution in [0.1, 0.15) is 0 Å². The molecule has 2 aromatic rings. The third-order valence-corrected chi connectivity index (χ3v) is 3.66. The van der Waals surface area contributed by atoms with Crippen molar-refractivity contribution in [3.05, 3.63) is 60.7 Å². The van der Waals surface area contributed by atoms with Gasteiger partial charge in [0.2, 0.25) is 10.0 Å². The van der Waals surface area contributed by atoms with E-state index in [1.54, 1.807) is 36.4 Å². The molecule has 0 aliphatic carbocycles. The molecule has 0 aliphatic heterocycles. The first-order valence-electron chi connectivity index (χ1n) is 5.89. The molecule has 5 heteroatoms. The lowest BCUT2D eigenvalue weighted by Crippen LogP contribution is -2.21. The Labute approximate surface area is 113 Å². The molecule has 0 spiro atoms. The molecule has 19 heavy (non-hydrogen) atoms. The highest BCUT2D eigenvalue weighted by molar-refractivity contribution is 7.92. The Morgan fingerprint density at radius 1 is 0.895 bits per heavy atom. The van der Waals surface area contributed by atoms with Crippen molar-refractivity contribution < 1.29 is 13.2 Å². The van der Waals surface area contributed by atoms with Gasteiger partial charge in [-0.1, -0.05) is 36.4 Å². The number of ether oxygens (including phenoxy) is 1. The van der Waals surface area contributed by atoms with Gasteiger partial charge in [0.25, 0.3) is 0 Å². The SMILES string of the molecule is O=S(=O)(CCOc1ccccc1)Nc1ccccc1. The maximum absolute atomic E-state index is 11.8. The molecular formula is C14H15NO3S. The number of benzene rings is 2. The minimum atomic E-state index is -3.38. The van der Waals surface area contributed by atoms with E-state index in [0.29, 0.717) is 11.4 Å². The van der Waals surface area contributed by atoms with Crippen molar-refractivity contribution in [3.63, 3.8) is 0 Å². The molecule has 0 saturated heterocycles. The molecule has 0 unspecified atom stereocenters. The van der Waals surface area contributed by atoms with Crippen LogP contribution in [0.25, 0.3) is 0 Å². The average Bonchev–Trinajstić information content (AvgIpc) is 2.40. The highest BCUT2D eigenvalue weighted by atomic mass is 32.2. The Morgan fingerprint density at radius 3 is 2.11 bits per heavy atom. The Morgan fingerprint density at radius 2 is 1.47 bits per heavy atom. The van der Waals surface area contributed by atoms with Crippen LogP contribution in [0.15, 0.2) is 60.7 Å². The van der Waals surface area contributed by atoms with Crippen LogP contribution in [-0.4, -0.2) is 20.8 Å². The molecule has 100 valence electrons. The lowest BCUT2D eigenvalue weighted by molar-refractivity contribution is 0.341. The molecule has 4 nitrogen and oxygen atoms in total. The van der Waals surface area contributed by atoms with Crippen molar-refractivity contribution >= 4 is 15.7 Å². The lowest BCUT2D eigenvalue weighted by atomic mass is 10.3. The van der Waals surface area contributed by atoms with Crippen LogP contribution >= 0.6 is 0 Å². The normalized spacial score (nSPS) is 10.9. The summed E-state index contributed by atoms with van der Waals surface area (Å²) in [5, 5.41) is 0. The van der Waals surface area contributed by atoms with Crippen LogP contribution in [0.4, 0.5) is 5.69 Å². The topological polar surface area (TPSA) is 55.4 Å². The van der Waals surface area contributed by atoms with E-state index < -0.39 is 10.0 Å². The van der Waals surface area contributed by atoms with Crippen LogP contribution in [0.2, 0.25) is 0 Å². The predicted molar refractivity (Wildman–Crippen MR) is 75.8 cm³/mol. The van der Waals surface area contributed by atoms with E-state index in [0.717, 1.165) is 0 Å². The predicted octanol–water partition coefficient (Wildman–Crippen LogP) is 2.51. The number of sulfonamides is 1. The summed E-state index contributed by atoms with van der Waals surface area (Å²) < 4.78 is 31.5. The Bertz CT molecular complexity index is 597. The quantitative estimate of drug-likeness (QED) is 0.882. The summed E-state index contributed by atoms with van der Waals surface area (Å²) in [6, 6.07) is 17.9. The van der Waals surface area contributed by atoms with E-state index >= 15 is 0 Å². The van der Waals surface area contributed by atoms with Gasteiger partial charge in [0.15, 0.2) is 0 Å². The maximum Gasteiger partial charge on any atom is 0.236 e. The van der Waals surface area contributed by atoms with Crippen molar-refractivity contribution in [2.75, 3.05) is 17.1 Å².